The quantitative estimate of drug-likeness (QED) is 0.928. The first kappa shape index (κ1) is 15.5. The van der Waals surface area contributed by atoms with Crippen molar-refractivity contribution in [2.75, 3.05) is 0 Å². The number of nitrogens with zero attached hydrogens (tertiary/aromatic N) is 1. The normalized spacial score (nSPS) is 19.5. The van der Waals surface area contributed by atoms with Gasteiger partial charge in [0.2, 0.25) is 10.0 Å². The molecule has 0 aliphatic heterocycles. The molecular weight excluding hydrogens is 320 g/mol. The Bertz CT molecular complexity index is 896. The minimum atomic E-state index is -3.65. The third kappa shape index (κ3) is 2.68. The molecule has 1 heterocycles. The van der Waals surface area contributed by atoms with Crippen molar-refractivity contribution in [3.8, 4) is 0 Å². The Kier molecular flexibility index (Phi) is 3.58. The van der Waals surface area contributed by atoms with E-state index in [0.717, 1.165) is 18.4 Å². The summed E-state index contributed by atoms with van der Waals surface area (Å²) in [6, 6.07) is 11.0. The van der Waals surface area contributed by atoms with Crippen LogP contribution in [0, 0.1) is 5.41 Å². The van der Waals surface area contributed by atoms with E-state index in [1.807, 2.05) is 24.4 Å². The second kappa shape index (κ2) is 5.53. The molecule has 0 radical (unpaired) electrons. The van der Waals surface area contributed by atoms with Gasteiger partial charge in [0, 0.05) is 12.4 Å². The van der Waals surface area contributed by atoms with E-state index in [1.54, 1.807) is 18.3 Å². The molecule has 1 fully saturated rings. The third-order valence-electron chi connectivity index (χ3n) is 5.42. The van der Waals surface area contributed by atoms with Crippen molar-refractivity contribution < 1.29 is 8.42 Å². The lowest BCUT2D eigenvalue weighted by Crippen LogP contribution is -2.26. The van der Waals surface area contributed by atoms with E-state index in [2.05, 4.69) is 11.1 Å². The Hall–Kier alpha value is -1.98. The molecular formula is C19H20N2O2S. The van der Waals surface area contributed by atoms with Crippen LogP contribution in [0.1, 0.15) is 43.2 Å². The summed E-state index contributed by atoms with van der Waals surface area (Å²) in [7, 11) is -3.65. The summed E-state index contributed by atoms with van der Waals surface area (Å²) in [5, 5.41) is 5.20. The summed E-state index contributed by atoms with van der Waals surface area (Å²) in [6.07, 6.45) is 9.71. The molecule has 0 atom stereocenters. The molecule has 5 heteroatoms. The van der Waals surface area contributed by atoms with Gasteiger partial charge >= 0.3 is 0 Å². The zero-order valence-corrected chi connectivity index (χ0v) is 14.2. The molecule has 0 saturated heterocycles. The van der Waals surface area contributed by atoms with Gasteiger partial charge < -0.3 is 0 Å². The van der Waals surface area contributed by atoms with Crippen molar-refractivity contribution in [1.82, 2.24) is 4.98 Å². The van der Waals surface area contributed by atoms with E-state index in [1.165, 1.54) is 36.0 Å². The Balaban J connectivity index is 1.77. The van der Waals surface area contributed by atoms with E-state index in [-0.39, 0.29) is 4.90 Å². The summed E-state index contributed by atoms with van der Waals surface area (Å²) < 4.78 is 22.9. The average molecular weight is 340 g/mol. The molecule has 4 rings (SSSR count). The molecule has 1 aromatic carbocycles. The topological polar surface area (TPSA) is 73.1 Å². The maximum absolute atomic E-state index is 11.5. The highest BCUT2D eigenvalue weighted by molar-refractivity contribution is 7.89. The largest absolute Gasteiger partial charge is 0.264 e. The van der Waals surface area contributed by atoms with Gasteiger partial charge in [0.15, 0.2) is 0 Å². The van der Waals surface area contributed by atoms with Gasteiger partial charge in [-0.05, 0) is 71.6 Å². The van der Waals surface area contributed by atoms with E-state index in [4.69, 9.17) is 5.14 Å². The van der Waals surface area contributed by atoms with Gasteiger partial charge in [-0.25, -0.2) is 13.6 Å². The van der Waals surface area contributed by atoms with Crippen molar-refractivity contribution in [3.63, 3.8) is 0 Å². The minimum Gasteiger partial charge on any atom is -0.264 e. The molecule has 24 heavy (non-hydrogen) atoms. The average Bonchev–Trinajstić information content (AvgIpc) is 2.96. The molecule has 0 unspecified atom stereocenters. The number of hydrogen-bond acceptors (Lipinski definition) is 3. The summed E-state index contributed by atoms with van der Waals surface area (Å²) in [6.45, 7) is 0. The van der Waals surface area contributed by atoms with Crippen LogP contribution in [0.25, 0.3) is 11.1 Å². The van der Waals surface area contributed by atoms with Crippen LogP contribution in [-0.2, 0) is 10.0 Å². The van der Waals surface area contributed by atoms with Crippen LogP contribution in [0.15, 0.2) is 53.7 Å². The van der Waals surface area contributed by atoms with Crippen LogP contribution in [0.5, 0.6) is 0 Å². The van der Waals surface area contributed by atoms with Gasteiger partial charge in [-0.2, -0.15) is 0 Å². The van der Waals surface area contributed by atoms with Gasteiger partial charge in [-0.3, -0.25) is 4.98 Å². The lowest BCUT2D eigenvalue weighted by molar-refractivity contribution is 0.157. The summed E-state index contributed by atoms with van der Waals surface area (Å²) in [4.78, 5) is 4.42. The Morgan fingerprint density at radius 3 is 2.12 bits per heavy atom. The number of primary sulfonamides is 1. The SMILES string of the molecule is NS(=O)(=O)c1ccc(C2=C(c3cccnc3)CC3(CCC3)C2)cc1. The number of allylic oxidation sites excluding steroid dienone is 2. The fraction of sp³-hybridized carbons (Fsp3) is 0.316. The van der Waals surface area contributed by atoms with Crippen LogP contribution < -0.4 is 5.14 Å². The van der Waals surface area contributed by atoms with Crippen molar-refractivity contribution in [2.45, 2.75) is 37.0 Å². The zero-order valence-electron chi connectivity index (χ0n) is 13.4. The summed E-state index contributed by atoms with van der Waals surface area (Å²) in [5.41, 5.74) is 5.34. The number of sulfonamides is 1. The monoisotopic (exact) mass is 340 g/mol. The van der Waals surface area contributed by atoms with E-state index >= 15 is 0 Å². The first-order valence-electron chi connectivity index (χ1n) is 8.23. The van der Waals surface area contributed by atoms with Crippen LogP contribution in [0.3, 0.4) is 0 Å². The molecule has 1 saturated carbocycles. The number of benzene rings is 1. The van der Waals surface area contributed by atoms with Crippen molar-refractivity contribution in [3.05, 3.63) is 59.9 Å². The Labute approximate surface area is 142 Å². The third-order valence-corrected chi connectivity index (χ3v) is 6.35. The molecule has 2 aromatic rings. The van der Waals surface area contributed by atoms with Crippen molar-refractivity contribution >= 4 is 21.2 Å². The van der Waals surface area contributed by atoms with Gasteiger partial charge in [0.05, 0.1) is 4.90 Å². The second-order valence-corrected chi connectivity index (χ2v) is 8.54. The lowest BCUT2D eigenvalue weighted by atomic mass is 9.66. The van der Waals surface area contributed by atoms with Crippen LogP contribution in [0.2, 0.25) is 0 Å². The number of aromatic nitrogens is 1. The van der Waals surface area contributed by atoms with Crippen molar-refractivity contribution in [1.29, 1.82) is 0 Å². The minimum absolute atomic E-state index is 0.158. The van der Waals surface area contributed by atoms with Gasteiger partial charge in [0.25, 0.3) is 0 Å². The molecule has 124 valence electrons. The fourth-order valence-corrected chi connectivity index (χ4v) is 4.51. The molecule has 0 amide bonds. The molecule has 2 aliphatic rings. The Morgan fingerprint density at radius 2 is 1.62 bits per heavy atom. The van der Waals surface area contributed by atoms with Gasteiger partial charge in [-0.1, -0.05) is 24.6 Å². The number of nitrogens with two attached hydrogens (primary N) is 1. The maximum Gasteiger partial charge on any atom is 0.238 e. The molecule has 1 aromatic heterocycles. The molecule has 2 aliphatic carbocycles. The number of pyridine rings is 1. The second-order valence-electron chi connectivity index (χ2n) is 6.98. The van der Waals surface area contributed by atoms with Crippen LogP contribution >= 0.6 is 0 Å². The predicted octanol–water partition coefficient (Wildman–Crippen LogP) is 3.60. The van der Waals surface area contributed by atoms with Crippen LogP contribution in [-0.4, -0.2) is 13.4 Å². The number of rotatable bonds is 3. The highest BCUT2D eigenvalue weighted by atomic mass is 32.2. The predicted molar refractivity (Wildman–Crippen MR) is 94.4 cm³/mol. The smallest absolute Gasteiger partial charge is 0.238 e. The first-order valence-corrected chi connectivity index (χ1v) is 9.77. The van der Waals surface area contributed by atoms with Crippen LogP contribution in [0.4, 0.5) is 0 Å². The standard InChI is InChI=1S/C19H20N2O2S/c20-24(22,23)16-6-4-14(5-7-16)17-11-19(8-2-9-19)12-18(17)15-3-1-10-21-13-15/h1,3-7,10,13H,2,8-9,11-12H2,(H2,20,22,23). The van der Waals surface area contributed by atoms with E-state index < -0.39 is 10.0 Å². The molecule has 0 bridgehead atoms. The fourth-order valence-electron chi connectivity index (χ4n) is 4.00. The molecule has 1 spiro atoms. The first-order chi connectivity index (χ1) is 11.5. The Morgan fingerprint density at radius 1 is 0.958 bits per heavy atom. The van der Waals surface area contributed by atoms with Gasteiger partial charge in [-0.15, -0.1) is 0 Å². The lowest BCUT2D eigenvalue weighted by Gasteiger charge is -2.39. The van der Waals surface area contributed by atoms with Crippen molar-refractivity contribution in [2.24, 2.45) is 10.6 Å². The molecule has 4 nitrogen and oxygen atoms in total. The zero-order chi connectivity index (χ0) is 16.8. The maximum atomic E-state index is 11.5. The summed E-state index contributed by atoms with van der Waals surface area (Å²) >= 11 is 0. The highest BCUT2D eigenvalue weighted by Crippen LogP contribution is 2.59. The highest BCUT2D eigenvalue weighted by Gasteiger charge is 2.43. The van der Waals surface area contributed by atoms with E-state index in [9.17, 15) is 8.42 Å². The number of hydrogen-bond donors (Lipinski definition) is 1. The summed E-state index contributed by atoms with van der Waals surface area (Å²) in [5.74, 6) is 0. The van der Waals surface area contributed by atoms with E-state index in [0.29, 0.717) is 5.41 Å². The van der Waals surface area contributed by atoms with Gasteiger partial charge in [0.1, 0.15) is 0 Å². The molecule has 2 N–H and O–H groups in total.